The molecule has 0 bridgehead atoms. The quantitative estimate of drug-likeness (QED) is 0.669. The molecule has 2 aromatic carbocycles. The Labute approximate surface area is 157 Å². The van der Waals surface area contributed by atoms with Gasteiger partial charge in [-0.05, 0) is 31.0 Å². The number of carbonyl (C=O) groups is 1. The zero-order valence-corrected chi connectivity index (χ0v) is 15.2. The maximum Gasteiger partial charge on any atom is 0.262 e. The third kappa shape index (κ3) is 2.85. The first kappa shape index (κ1) is 17.2. The van der Waals surface area contributed by atoms with Gasteiger partial charge in [-0.3, -0.25) is 14.2 Å². The van der Waals surface area contributed by atoms with E-state index in [0.29, 0.717) is 29.7 Å². The van der Waals surface area contributed by atoms with E-state index in [-0.39, 0.29) is 17.5 Å². The van der Waals surface area contributed by atoms with E-state index in [1.54, 1.807) is 21.6 Å². The predicted molar refractivity (Wildman–Crippen MR) is 105 cm³/mol. The highest BCUT2D eigenvalue weighted by atomic mass is 16.2. The molecule has 0 N–H and O–H groups in total. The van der Waals surface area contributed by atoms with Crippen LogP contribution in [0.4, 0.5) is 0 Å². The number of aromatic nitrogens is 2. The Morgan fingerprint density at radius 2 is 1.78 bits per heavy atom. The van der Waals surface area contributed by atoms with E-state index in [1.807, 2.05) is 55.5 Å². The molecule has 0 aliphatic carbocycles. The third-order valence-corrected chi connectivity index (χ3v) is 5.14. The number of nitrogens with zero attached hydrogens (tertiary/aromatic N) is 3. The number of amides is 1. The lowest BCUT2D eigenvalue weighted by Gasteiger charge is -2.39. The summed E-state index contributed by atoms with van der Waals surface area (Å²) in [5.74, 6) is 0.555. The molecular formula is C22H21N3O2. The van der Waals surface area contributed by atoms with Crippen molar-refractivity contribution in [1.29, 1.82) is 0 Å². The Kier molecular flexibility index (Phi) is 4.36. The molecule has 0 fully saturated rings. The van der Waals surface area contributed by atoms with Crippen LogP contribution in [0.25, 0.3) is 10.9 Å². The first-order chi connectivity index (χ1) is 13.1. The van der Waals surface area contributed by atoms with Crippen LogP contribution in [0.5, 0.6) is 0 Å². The molecule has 4 rings (SSSR count). The molecule has 3 aromatic rings. The van der Waals surface area contributed by atoms with Gasteiger partial charge >= 0.3 is 0 Å². The largest absolute Gasteiger partial charge is 0.327 e. The van der Waals surface area contributed by atoms with E-state index in [1.165, 1.54) is 0 Å². The van der Waals surface area contributed by atoms with Gasteiger partial charge in [0.05, 0.1) is 16.9 Å². The van der Waals surface area contributed by atoms with Gasteiger partial charge < -0.3 is 4.90 Å². The summed E-state index contributed by atoms with van der Waals surface area (Å²) >= 11 is 0. The van der Waals surface area contributed by atoms with Crippen molar-refractivity contribution in [3.63, 3.8) is 0 Å². The first-order valence-electron chi connectivity index (χ1n) is 9.08. The SMILES string of the molecule is C=CC[C@@H]1C(=O)N(Cc2ccccc2)[C@@H](C)c2nc3ccccc3c(=O)n21. The molecule has 136 valence electrons. The van der Waals surface area contributed by atoms with Crippen LogP contribution in [0, 0.1) is 0 Å². The fraction of sp³-hybridized carbons (Fsp3) is 0.227. The average Bonchev–Trinajstić information content (AvgIpc) is 2.69. The van der Waals surface area contributed by atoms with Crippen molar-refractivity contribution in [2.75, 3.05) is 0 Å². The van der Waals surface area contributed by atoms with Crippen LogP contribution in [-0.2, 0) is 11.3 Å². The highest BCUT2D eigenvalue weighted by molar-refractivity contribution is 5.84. The van der Waals surface area contributed by atoms with Gasteiger partial charge in [0.25, 0.3) is 5.56 Å². The highest BCUT2D eigenvalue weighted by Gasteiger charge is 2.38. The minimum Gasteiger partial charge on any atom is -0.327 e. The third-order valence-electron chi connectivity index (χ3n) is 5.14. The molecule has 0 saturated carbocycles. The van der Waals surface area contributed by atoms with E-state index in [0.717, 1.165) is 5.56 Å². The second-order valence-corrected chi connectivity index (χ2v) is 6.83. The van der Waals surface area contributed by atoms with Crippen molar-refractivity contribution < 1.29 is 4.79 Å². The smallest absolute Gasteiger partial charge is 0.262 e. The molecule has 5 nitrogen and oxygen atoms in total. The lowest BCUT2D eigenvalue weighted by molar-refractivity contribution is -0.140. The molecular weight excluding hydrogens is 338 g/mol. The van der Waals surface area contributed by atoms with Gasteiger partial charge in [0, 0.05) is 6.54 Å². The molecule has 0 radical (unpaired) electrons. The van der Waals surface area contributed by atoms with Gasteiger partial charge in [0.1, 0.15) is 11.9 Å². The van der Waals surface area contributed by atoms with Crippen LogP contribution in [0.3, 0.4) is 0 Å². The molecule has 2 heterocycles. The summed E-state index contributed by atoms with van der Waals surface area (Å²) in [6, 6.07) is 16.2. The van der Waals surface area contributed by atoms with E-state index < -0.39 is 6.04 Å². The maximum absolute atomic E-state index is 13.3. The van der Waals surface area contributed by atoms with Crippen LogP contribution in [-0.4, -0.2) is 20.4 Å². The van der Waals surface area contributed by atoms with E-state index in [9.17, 15) is 9.59 Å². The number of allylic oxidation sites excluding steroid dienone is 1. The molecule has 2 atom stereocenters. The van der Waals surface area contributed by atoms with Crippen LogP contribution < -0.4 is 5.56 Å². The summed E-state index contributed by atoms with van der Waals surface area (Å²) in [6.45, 7) is 6.19. The molecule has 1 aromatic heterocycles. The molecule has 1 aliphatic heterocycles. The first-order valence-corrected chi connectivity index (χ1v) is 9.08. The van der Waals surface area contributed by atoms with Gasteiger partial charge in [-0.1, -0.05) is 48.5 Å². The van der Waals surface area contributed by atoms with Gasteiger partial charge in [-0.15, -0.1) is 6.58 Å². The number of hydrogen-bond donors (Lipinski definition) is 0. The number of hydrogen-bond acceptors (Lipinski definition) is 3. The fourth-order valence-electron chi connectivity index (χ4n) is 3.75. The van der Waals surface area contributed by atoms with Crippen LogP contribution in [0.1, 0.15) is 36.8 Å². The molecule has 5 heteroatoms. The Bertz CT molecular complexity index is 1070. The molecule has 1 amide bonds. The second kappa shape index (κ2) is 6.83. The number of carbonyl (C=O) groups excluding carboxylic acids is 1. The van der Waals surface area contributed by atoms with Crippen molar-refractivity contribution in [1.82, 2.24) is 14.5 Å². The van der Waals surface area contributed by atoms with Crippen LogP contribution in [0.2, 0.25) is 0 Å². The van der Waals surface area contributed by atoms with Crippen molar-refractivity contribution in [3.8, 4) is 0 Å². The Morgan fingerprint density at radius 1 is 1.07 bits per heavy atom. The predicted octanol–water partition coefficient (Wildman–Crippen LogP) is 3.62. The molecule has 27 heavy (non-hydrogen) atoms. The average molecular weight is 359 g/mol. The zero-order valence-electron chi connectivity index (χ0n) is 15.2. The van der Waals surface area contributed by atoms with Crippen molar-refractivity contribution in [2.24, 2.45) is 0 Å². The fourth-order valence-corrected chi connectivity index (χ4v) is 3.75. The topological polar surface area (TPSA) is 55.2 Å². The summed E-state index contributed by atoms with van der Waals surface area (Å²) < 4.78 is 1.57. The Hall–Kier alpha value is -3.21. The van der Waals surface area contributed by atoms with E-state index in [4.69, 9.17) is 4.98 Å². The standard InChI is InChI=1S/C22H21N3O2/c1-3-9-19-22(27)24(14-16-10-5-4-6-11-16)15(2)20-23-18-13-8-7-12-17(18)21(26)25(19)20/h3-8,10-13,15,19H,1,9,14H2,2H3/t15-,19+/m0/s1. The Morgan fingerprint density at radius 3 is 2.52 bits per heavy atom. The normalized spacial score (nSPS) is 19.1. The minimum absolute atomic E-state index is 0.0714. The van der Waals surface area contributed by atoms with Crippen LogP contribution >= 0.6 is 0 Å². The minimum atomic E-state index is -0.609. The number of benzene rings is 2. The van der Waals surface area contributed by atoms with Crippen molar-refractivity contribution in [3.05, 3.63) is 89.0 Å². The van der Waals surface area contributed by atoms with Gasteiger partial charge in [-0.25, -0.2) is 4.98 Å². The van der Waals surface area contributed by atoms with Crippen molar-refractivity contribution >= 4 is 16.8 Å². The number of fused-ring (bicyclic) bond motifs is 2. The van der Waals surface area contributed by atoms with Gasteiger partial charge in [0.15, 0.2) is 0 Å². The van der Waals surface area contributed by atoms with Crippen LogP contribution in [0.15, 0.2) is 72.0 Å². The monoisotopic (exact) mass is 359 g/mol. The summed E-state index contributed by atoms with van der Waals surface area (Å²) in [7, 11) is 0. The summed E-state index contributed by atoms with van der Waals surface area (Å²) in [4.78, 5) is 33.0. The zero-order chi connectivity index (χ0) is 19.0. The molecule has 0 spiro atoms. The maximum atomic E-state index is 13.3. The van der Waals surface area contributed by atoms with E-state index >= 15 is 0 Å². The van der Waals surface area contributed by atoms with E-state index in [2.05, 4.69) is 6.58 Å². The van der Waals surface area contributed by atoms with Crippen molar-refractivity contribution in [2.45, 2.75) is 32.0 Å². The summed E-state index contributed by atoms with van der Waals surface area (Å²) in [5, 5.41) is 0.534. The molecule has 0 unspecified atom stereocenters. The van der Waals surface area contributed by atoms with Gasteiger partial charge in [-0.2, -0.15) is 0 Å². The second-order valence-electron chi connectivity index (χ2n) is 6.83. The molecule has 1 aliphatic rings. The van der Waals surface area contributed by atoms with Gasteiger partial charge in [0.2, 0.25) is 5.91 Å². The highest BCUT2D eigenvalue weighted by Crippen LogP contribution is 2.33. The lowest BCUT2D eigenvalue weighted by atomic mass is 10.0. The lowest BCUT2D eigenvalue weighted by Crippen LogP contribution is -2.49. The number of para-hydroxylation sites is 1. The summed E-state index contributed by atoms with van der Waals surface area (Å²) in [6.07, 6.45) is 2.08. The Balaban J connectivity index is 1.88. The molecule has 0 saturated heterocycles. The summed E-state index contributed by atoms with van der Waals surface area (Å²) in [5.41, 5.74) is 1.54. The number of rotatable bonds is 4.